The Morgan fingerprint density at radius 2 is 2.24 bits per heavy atom. The van der Waals surface area contributed by atoms with E-state index in [4.69, 9.17) is 0 Å². The van der Waals surface area contributed by atoms with Crippen LogP contribution < -0.4 is 5.32 Å². The fraction of sp³-hybridized carbons (Fsp3) is 0.500. The molecule has 1 fully saturated rings. The largest absolute Gasteiger partial charge is 0.384 e. The Morgan fingerprint density at radius 1 is 1.47 bits per heavy atom. The maximum absolute atomic E-state index is 13.0. The van der Waals surface area contributed by atoms with Crippen molar-refractivity contribution < 1.29 is 8.78 Å². The van der Waals surface area contributed by atoms with Crippen molar-refractivity contribution >= 4 is 44.2 Å². The Bertz CT molecular complexity index is 411. The summed E-state index contributed by atoms with van der Waals surface area (Å²) in [5, 5.41) is 3.26. The molecular formula is C12H13BrF2IN. The highest BCUT2D eigenvalue weighted by Crippen LogP contribution is 2.39. The predicted molar refractivity (Wildman–Crippen MR) is 77.6 cm³/mol. The number of halogens is 4. The minimum Gasteiger partial charge on any atom is -0.384 e. The molecule has 0 radical (unpaired) electrons. The maximum atomic E-state index is 13.0. The van der Waals surface area contributed by atoms with Crippen molar-refractivity contribution in [2.24, 2.45) is 5.92 Å². The molecule has 0 bridgehead atoms. The number of alkyl halides is 2. The molecule has 1 aromatic rings. The van der Waals surface area contributed by atoms with Gasteiger partial charge < -0.3 is 5.32 Å². The van der Waals surface area contributed by atoms with Crippen molar-refractivity contribution in [3.63, 3.8) is 0 Å². The number of nitrogens with one attached hydrogen (secondary N) is 1. The van der Waals surface area contributed by atoms with Crippen LogP contribution in [0.2, 0.25) is 0 Å². The quantitative estimate of drug-likeness (QED) is 0.692. The van der Waals surface area contributed by atoms with E-state index in [-0.39, 0.29) is 18.8 Å². The summed E-state index contributed by atoms with van der Waals surface area (Å²) in [7, 11) is 0. The van der Waals surface area contributed by atoms with Gasteiger partial charge in [-0.05, 0) is 53.1 Å². The van der Waals surface area contributed by atoms with Gasteiger partial charge in [-0.15, -0.1) is 0 Å². The molecule has 2 rings (SSSR count). The lowest BCUT2D eigenvalue weighted by Gasteiger charge is -2.14. The lowest BCUT2D eigenvalue weighted by molar-refractivity contribution is 0.00556. The van der Waals surface area contributed by atoms with Gasteiger partial charge in [0.1, 0.15) is 0 Å². The Morgan fingerprint density at radius 3 is 2.88 bits per heavy atom. The zero-order valence-corrected chi connectivity index (χ0v) is 12.9. The summed E-state index contributed by atoms with van der Waals surface area (Å²) in [4.78, 5) is 0. The summed E-state index contributed by atoms with van der Waals surface area (Å²) in [5.74, 6) is -2.36. The maximum Gasteiger partial charge on any atom is 0.248 e. The van der Waals surface area contributed by atoms with Crippen LogP contribution in [0.1, 0.15) is 19.3 Å². The molecule has 0 spiro atoms. The van der Waals surface area contributed by atoms with Gasteiger partial charge in [0.25, 0.3) is 0 Å². The smallest absolute Gasteiger partial charge is 0.248 e. The molecule has 0 heterocycles. The van der Waals surface area contributed by atoms with Gasteiger partial charge in [0.15, 0.2) is 0 Å². The zero-order chi connectivity index (χ0) is 12.5. The van der Waals surface area contributed by atoms with E-state index < -0.39 is 5.92 Å². The average molecular weight is 416 g/mol. The van der Waals surface area contributed by atoms with Crippen LogP contribution in [0.15, 0.2) is 22.7 Å². The minimum absolute atomic E-state index is 0.0184. The fourth-order valence-corrected chi connectivity index (χ4v) is 2.99. The first-order valence-electron chi connectivity index (χ1n) is 5.53. The van der Waals surface area contributed by atoms with Crippen molar-refractivity contribution in [1.82, 2.24) is 0 Å². The minimum atomic E-state index is -2.45. The molecule has 1 saturated carbocycles. The van der Waals surface area contributed by atoms with E-state index in [1.165, 1.54) is 0 Å². The van der Waals surface area contributed by atoms with Crippen molar-refractivity contribution in [3.05, 3.63) is 26.2 Å². The molecule has 1 N–H and O–H groups in total. The molecular weight excluding hydrogens is 403 g/mol. The van der Waals surface area contributed by atoms with Crippen molar-refractivity contribution in [2.45, 2.75) is 25.2 Å². The Labute approximate surface area is 122 Å². The average Bonchev–Trinajstić information content (AvgIpc) is 2.60. The molecule has 5 heteroatoms. The molecule has 0 aromatic heterocycles. The molecule has 17 heavy (non-hydrogen) atoms. The van der Waals surface area contributed by atoms with Gasteiger partial charge in [-0.25, -0.2) is 8.78 Å². The number of anilines is 1. The molecule has 1 unspecified atom stereocenters. The third-order valence-corrected chi connectivity index (χ3v) is 4.45. The monoisotopic (exact) mass is 415 g/mol. The van der Waals surface area contributed by atoms with E-state index in [9.17, 15) is 8.78 Å². The van der Waals surface area contributed by atoms with E-state index >= 15 is 0 Å². The van der Waals surface area contributed by atoms with Crippen molar-refractivity contribution in [1.29, 1.82) is 0 Å². The third-order valence-electron chi connectivity index (χ3n) is 3.02. The summed E-state index contributed by atoms with van der Waals surface area (Å²) in [5.41, 5.74) is 1.01. The number of rotatable bonds is 3. The highest BCUT2D eigenvalue weighted by Gasteiger charge is 2.39. The van der Waals surface area contributed by atoms with E-state index in [1.807, 2.05) is 18.2 Å². The first kappa shape index (κ1) is 13.5. The lowest BCUT2D eigenvalue weighted by Crippen LogP contribution is -2.15. The van der Waals surface area contributed by atoms with Gasteiger partial charge in [0.05, 0.1) is 0 Å². The second kappa shape index (κ2) is 5.38. The molecule has 1 atom stereocenters. The first-order valence-corrected chi connectivity index (χ1v) is 7.40. The summed E-state index contributed by atoms with van der Waals surface area (Å²) >= 11 is 5.64. The van der Waals surface area contributed by atoms with Gasteiger partial charge in [0.2, 0.25) is 5.92 Å². The molecule has 94 valence electrons. The highest BCUT2D eigenvalue weighted by molar-refractivity contribution is 14.1. The molecule has 0 amide bonds. The normalized spacial score (nSPS) is 22.7. The van der Waals surface area contributed by atoms with Crippen LogP contribution in [-0.2, 0) is 0 Å². The third kappa shape index (κ3) is 3.77. The SMILES string of the molecule is FC1(F)CCC(CNc2cc(Br)ccc2I)C1. The van der Waals surface area contributed by atoms with Gasteiger partial charge in [-0.2, -0.15) is 0 Å². The van der Waals surface area contributed by atoms with E-state index in [0.29, 0.717) is 13.0 Å². The van der Waals surface area contributed by atoms with Gasteiger partial charge in [-0.3, -0.25) is 0 Å². The van der Waals surface area contributed by atoms with Crippen molar-refractivity contribution in [2.75, 3.05) is 11.9 Å². The van der Waals surface area contributed by atoms with E-state index in [2.05, 4.69) is 43.8 Å². The molecule has 0 saturated heterocycles. The number of benzene rings is 1. The van der Waals surface area contributed by atoms with Crippen LogP contribution in [0.3, 0.4) is 0 Å². The topological polar surface area (TPSA) is 12.0 Å². The van der Waals surface area contributed by atoms with Gasteiger partial charge >= 0.3 is 0 Å². The predicted octanol–water partition coefficient (Wildman–Crippen LogP) is 4.90. The molecule has 1 aromatic carbocycles. The Kier molecular flexibility index (Phi) is 4.28. The lowest BCUT2D eigenvalue weighted by atomic mass is 10.1. The second-order valence-corrected chi connectivity index (χ2v) is 6.55. The van der Waals surface area contributed by atoms with Gasteiger partial charge in [-0.1, -0.05) is 15.9 Å². The zero-order valence-electron chi connectivity index (χ0n) is 9.15. The van der Waals surface area contributed by atoms with Crippen molar-refractivity contribution in [3.8, 4) is 0 Å². The molecule has 1 aliphatic rings. The summed E-state index contributed by atoms with van der Waals surface area (Å²) < 4.78 is 28.2. The van der Waals surface area contributed by atoms with Crippen LogP contribution in [0.5, 0.6) is 0 Å². The Hall–Kier alpha value is 0.0900. The number of hydrogen-bond acceptors (Lipinski definition) is 1. The van der Waals surface area contributed by atoms with Crippen LogP contribution in [0.4, 0.5) is 14.5 Å². The molecule has 1 nitrogen and oxygen atoms in total. The fourth-order valence-electron chi connectivity index (χ4n) is 2.10. The molecule has 1 aliphatic carbocycles. The standard InChI is InChI=1S/C12H13BrF2IN/c13-9-1-2-10(16)11(5-9)17-7-8-3-4-12(14,15)6-8/h1-2,5,8,17H,3-4,6-7H2. The first-order chi connectivity index (χ1) is 7.96. The summed E-state index contributed by atoms with van der Waals surface area (Å²) in [6.07, 6.45) is 0.671. The van der Waals surface area contributed by atoms with Crippen LogP contribution in [-0.4, -0.2) is 12.5 Å². The summed E-state index contributed by atoms with van der Waals surface area (Å²) in [6.45, 7) is 0.627. The van der Waals surface area contributed by atoms with E-state index in [1.54, 1.807) is 0 Å². The van der Waals surface area contributed by atoms with Crippen LogP contribution in [0, 0.1) is 9.49 Å². The highest BCUT2D eigenvalue weighted by atomic mass is 127. The summed E-state index contributed by atoms with van der Waals surface area (Å²) in [6, 6.07) is 5.95. The number of hydrogen-bond donors (Lipinski definition) is 1. The second-order valence-electron chi connectivity index (χ2n) is 4.47. The molecule has 0 aliphatic heterocycles. The Balaban J connectivity index is 1.92. The van der Waals surface area contributed by atoms with Gasteiger partial charge in [0, 0.05) is 33.1 Å². The van der Waals surface area contributed by atoms with Crippen LogP contribution >= 0.6 is 38.5 Å². The van der Waals surface area contributed by atoms with Crippen LogP contribution in [0.25, 0.3) is 0 Å². The van der Waals surface area contributed by atoms with E-state index in [0.717, 1.165) is 13.7 Å².